The Balaban J connectivity index is 1.67. The van der Waals surface area contributed by atoms with Gasteiger partial charge in [-0.25, -0.2) is 13.1 Å². The predicted molar refractivity (Wildman–Crippen MR) is 129 cm³/mol. The zero-order valence-electron chi connectivity index (χ0n) is 19.5. The maximum absolute atomic E-state index is 12.8. The molecule has 2 aromatic rings. The highest BCUT2D eigenvalue weighted by atomic mass is 32.2. The number of hydrogen-bond acceptors (Lipinski definition) is 4. The van der Waals surface area contributed by atoms with Crippen molar-refractivity contribution >= 4 is 10.0 Å². The minimum atomic E-state index is -3.50. The minimum absolute atomic E-state index is 0.0449. The summed E-state index contributed by atoms with van der Waals surface area (Å²) in [5, 5.41) is 9.27. The van der Waals surface area contributed by atoms with E-state index in [0.29, 0.717) is 10.9 Å². The van der Waals surface area contributed by atoms with Crippen LogP contribution in [0.15, 0.2) is 47.4 Å². The number of likely N-dealkylation sites (tertiary alicyclic amines) is 1. The van der Waals surface area contributed by atoms with Crippen molar-refractivity contribution in [1.82, 2.24) is 9.62 Å². The van der Waals surface area contributed by atoms with Crippen LogP contribution in [0, 0.1) is 25.2 Å². The molecule has 1 unspecified atom stereocenters. The van der Waals surface area contributed by atoms with Crippen molar-refractivity contribution in [1.29, 1.82) is 5.26 Å². The van der Waals surface area contributed by atoms with Crippen molar-refractivity contribution in [2.24, 2.45) is 0 Å². The zero-order valence-corrected chi connectivity index (χ0v) is 20.3. The third-order valence-corrected chi connectivity index (χ3v) is 8.00. The third kappa shape index (κ3) is 6.19. The normalized spacial score (nSPS) is 16.6. The lowest BCUT2D eigenvalue weighted by molar-refractivity contribution is 0.140. The monoisotopic (exact) mass is 453 g/mol. The summed E-state index contributed by atoms with van der Waals surface area (Å²) >= 11 is 0. The van der Waals surface area contributed by atoms with Crippen LogP contribution in [0.4, 0.5) is 0 Å². The minimum Gasteiger partial charge on any atom is -0.296 e. The van der Waals surface area contributed by atoms with Gasteiger partial charge < -0.3 is 0 Å². The van der Waals surface area contributed by atoms with E-state index in [1.54, 1.807) is 12.1 Å². The number of rotatable bonds is 9. The van der Waals surface area contributed by atoms with Gasteiger partial charge in [-0.1, -0.05) is 56.0 Å². The molecule has 1 saturated heterocycles. The van der Waals surface area contributed by atoms with Gasteiger partial charge in [0.1, 0.15) is 0 Å². The van der Waals surface area contributed by atoms with Gasteiger partial charge in [0.25, 0.3) is 0 Å². The quantitative estimate of drug-likeness (QED) is 0.527. The van der Waals surface area contributed by atoms with E-state index in [-0.39, 0.29) is 6.04 Å². The Labute approximate surface area is 193 Å². The van der Waals surface area contributed by atoms with Gasteiger partial charge >= 0.3 is 0 Å². The number of unbranched alkanes of at least 4 members (excludes halogenated alkanes) is 2. The molecule has 1 heterocycles. The molecular weight excluding hydrogens is 418 g/mol. The third-order valence-electron chi connectivity index (χ3n) is 6.46. The molecule has 0 bridgehead atoms. The van der Waals surface area contributed by atoms with E-state index >= 15 is 0 Å². The summed E-state index contributed by atoms with van der Waals surface area (Å²) in [4.78, 5) is 2.82. The first-order chi connectivity index (χ1) is 15.3. The number of piperidine rings is 1. The number of nitrogens with zero attached hydrogens (tertiary/aromatic N) is 2. The van der Waals surface area contributed by atoms with E-state index in [2.05, 4.69) is 34.7 Å². The van der Waals surface area contributed by atoms with E-state index in [9.17, 15) is 13.7 Å². The van der Waals surface area contributed by atoms with Crippen LogP contribution in [0.3, 0.4) is 0 Å². The van der Waals surface area contributed by atoms with Gasteiger partial charge in [0, 0.05) is 25.2 Å². The summed E-state index contributed by atoms with van der Waals surface area (Å²) in [5.41, 5.74) is 4.05. The second kappa shape index (κ2) is 11.1. The molecule has 0 amide bonds. The summed E-state index contributed by atoms with van der Waals surface area (Å²) < 4.78 is 28.5. The van der Waals surface area contributed by atoms with Crippen LogP contribution in [-0.4, -0.2) is 32.4 Å². The first kappa shape index (κ1) is 24.4. The maximum atomic E-state index is 12.8. The van der Waals surface area contributed by atoms with Crippen molar-refractivity contribution in [3.05, 3.63) is 64.7 Å². The fourth-order valence-electron chi connectivity index (χ4n) is 4.50. The Morgan fingerprint density at radius 2 is 1.78 bits per heavy atom. The highest BCUT2D eigenvalue weighted by Crippen LogP contribution is 2.31. The van der Waals surface area contributed by atoms with Crippen LogP contribution >= 0.6 is 0 Å². The topological polar surface area (TPSA) is 73.2 Å². The van der Waals surface area contributed by atoms with E-state index in [1.807, 2.05) is 32.0 Å². The van der Waals surface area contributed by atoms with Crippen molar-refractivity contribution in [3.63, 3.8) is 0 Å². The van der Waals surface area contributed by atoms with Crippen molar-refractivity contribution in [2.45, 2.75) is 76.3 Å². The van der Waals surface area contributed by atoms with Gasteiger partial charge in [-0.3, -0.25) is 4.90 Å². The number of benzene rings is 2. The first-order valence-electron chi connectivity index (χ1n) is 11.7. The Morgan fingerprint density at radius 3 is 2.38 bits per heavy atom. The van der Waals surface area contributed by atoms with Gasteiger partial charge in [0.2, 0.25) is 10.0 Å². The van der Waals surface area contributed by atoms with E-state index in [0.717, 1.165) is 49.0 Å². The number of hydrogen-bond donors (Lipinski definition) is 1. The average molecular weight is 454 g/mol. The molecule has 6 heteroatoms. The van der Waals surface area contributed by atoms with E-state index < -0.39 is 10.0 Å². The molecule has 172 valence electrons. The van der Waals surface area contributed by atoms with Crippen LogP contribution in [0.2, 0.25) is 0 Å². The molecule has 1 aliphatic rings. The molecule has 0 aliphatic carbocycles. The molecule has 1 fully saturated rings. The molecular formula is C26H35N3O2S. The van der Waals surface area contributed by atoms with Crippen molar-refractivity contribution in [3.8, 4) is 6.07 Å². The van der Waals surface area contributed by atoms with Gasteiger partial charge in [-0.15, -0.1) is 0 Å². The molecule has 32 heavy (non-hydrogen) atoms. The largest absolute Gasteiger partial charge is 0.296 e. The van der Waals surface area contributed by atoms with Crippen LogP contribution in [0.5, 0.6) is 0 Å². The lowest BCUT2D eigenvalue weighted by atomic mass is 9.93. The average Bonchev–Trinajstić information content (AvgIpc) is 2.77. The van der Waals surface area contributed by atoms with Crippen LogP contribution in [-0.2, 0) is 10.0 Å². The molecule has 0 aromatic heterocycles. The molecule has 1 atom stereocenters. The molecule has 0 spiro atoms. The smallest absolute Gasteiger partial charge is 0.240 e. The predicted octanol–water partition coefficient (Wildman–Crippen LogP) is 5.24. The lowest BCUT2D eigenvalue weighted by Gasteiger charge is -2.38. The summed E-state index contributed by atoms with van der Waals surface area (Å²) in [6.45, 7) is 7.88. The van der Waals surface area contributed by atoms with E-state index in [1.165, 1.54) is 24.8 Å². The zero-order chi connectivity index (χ0) is 23.1. The molecule has 0 radical (unpaired) electrons. The van der Waals surface area contributed by atoms with Crippen LogP contribution in [0.1, 0.15) is 73.7 Å². The van der Waals surface area contributed by atoms with Gasteiger partial charge in [-0.05, 0) is 62.4 Å². The number of sulfonamides is 1. The standard InChI is InChI=1S/C26H35N3O2S/c1-4-5-6-7-26(22-10-11-23(19-27)21(3)18-22)29-16-14-24(15-17-29)28-32(30,31)25-12-8-20(2)9-13-25/h8-13,18,24,26,28H,4-7,14-17H2,1-3H3. The molecule has 5 nitrogen and oxygen atoms in total. The number of nitriles is 1. The van der Waals surface area contributed by atoms with Crippen LogP contribution in [0.25, 0.3) is 0 Å². The SMILES string of the molecule is CCCCCC(c1ccc(C#N)c(C)c1)N1CCC(NS(=O)(=O)c2ccc(C)cc2)CC1. The fraction of sp³-hybridized carbons (Fsp3) is 0.500. The van der Waals surface area contributed by atoms with Crippen molar-refractivity contribution < 1.29 is 8.42 Å². The highest BCUT2D eigenvalue weighted by molar-refractivity contribution is 7.89. The van der Waals surface area contributed by atoms with Crippen molar-refractivity contribution in [2.75, 3.05) is 13.1 Å². The number of aryl methyl sites for hydroxylation is 2. The molecule has 2 aromatic carbocycles. The Kier molecular flexibility index (Phi) is 8.47. The molecule has 3 rings (SSSR count). The lowest BCUT2D eigenvalue weighted by Crippen LogP contribution is -2.45. The fourth-order valence-corrected chi connectivity index (χ4v) is 5.81. The molecule has 1 N–H and O–H groups in total. The van der Waals surface area contributed by atoms with Gasteiger partial charge in [-0.2, -0.15) is 5.26 Å². The summed E-state index contributed by atoms with van der Waals surface area (Å²) in [6.07, 6.45) is 6.23. The summed E-state index contributed by atoms with van der Waals surface area (Å²) in [7, 11) is -3.50. The second-order valence-electron chi connectivity index (χ2n) is 8.94. The maximum Gasteiger partial charge on any atom is 0.240 e. The number of nitrogens with one attached hydrogen (secondary N) is 1. The second-order valence-corrected chi connectivity index (χ2v) is 10.7. The Hall–Kier alpha value is -2.20. The summed E-state index contributed by atoms with van der Waals surface area (Å²) in [5.74, 6) is 0. The molecule has 1 aliphatic heterocycles. The highest BCUT2D eigenvalue weighted by Gasteiger charge is 2.28. The van der Waals surface area contributed by atoms with Gasteiger partial charge in [0.05, 0.1) is 16.5 Å². The Bertz CT molecular complexity index is 1030. The van der Waals surface area contributed by atoms with Crippen LogP contribution < -0.4 is 4.72 Å². The Morgan fingerprint density at radius 1 is 1.09 bits per heavy atom. The molecule has 0 saturated carbocycles. The summed E-state index contributed by atoms with van der Waals surface area (Å²) in [6, 6.07) is 15.7. The first-order valence-corrected chi connectivity index (χ1v) is 13.2. The van der Waals surface area contributed by atoms with Gasteiger partial charge in [0.15, 0.2) is 0 Å². The van der Waals surface area contributed by atoms with E-state index in [4.69, 9.17) is 0 Å².